The quantitative estimate of drug-likeness (QED) is 0.303. The lowest BCUT2D eigenvalue weighted by Crippen LogP contribution is -2.12. The third kappa shape index (κ3) is 5.29. The second-order valence-corrected chi connectivity index (χ2v) is 11.8. The summed E-state index contributed by atoms with van der Waals surface area (Å²) in [5.41, 5.74) is 4.65. The summed E-state index contributed by atoms with van der Waals surface area (Å²) in [5, 5.41) is 0. The molecule has 3 aromatic carbocycles. The van der Waals surface area contributed by atoms with E-state index in [-0.39, 0.29) is 22.4 Å². The summed E-state index contributed by atoms with van der Waals surface area (Å²) in [4.78, 5) is 26.3. The van der Waals surface area contributed by atoms with Gasteiger partial charge in [0.2, 0.25) is 0 Å². The predicted molar refractivity (Wildman–Crippen MR) is 139 cm³/mol. The molecule has 0 fully saturated rings. The first-order valence-electron chi connectivity index (χ1n) is 10.6. The molecule has 0 saturated heterocycles. The zero-order valence-corrected chi connectivity index (χ0v) is 22.5. The maximum Gasteiger partial charge on any atom is 0.194 e. The molecule has 0 radical (unpaired) electrons. The van der Waals surface area contributed by atoms with Crippen LogP contribution in [0.4, 0.5) is 0 Å². The van der Waals surface area contributed by atoms with Crippen molar-refractivity contribution in [3.8, 4) is 0 Å². The molecule has 0 aliphatic heterocycles. The fraction of sp³-hybridized carbons (Fsp3) is 0.286. The van der Waals surface area contributed by atoms with Gasteiger partial charge in [-0.15, -0.1) is 0 Å². The third-order valence-electron chi connectivity index (χ3n) is 5.57. The van der Waals surface area contributed by atoms with E-state index in [1.54, 1.807) is 12.1 Å². The summed E-state index contributed by atoms with van der Waals surface area (Å²) in [5.74, 6) is -0.182. The lowest BCUT2D eigenvalue weighted by molar-refractivity contribution is 0.102. The van der Waals surface area contributed by atoms with Gasteiger partial charge in [-0.25, -0.2) is 0 Å². The van der Waals surface area contributed by atoms with E-state index in [0.717, 1.165) is 0 Å². The Morgan fingerprint density at radius 1 is 0.562 bits per heavy atom. The Hall–Kier alpha value is -2.04. The van der Waals surface area contributed by atoms with E-state index < -0.39 is 0 Å². The lowest BCUT2D eigenvalue weighted by atomic mass is 9.86. The van der Waals surface area contributed by atoms with Gasteiger partial charge in [-0.05, 0) is 34.1 Å². The largest absolute Gasteiger partial charge is 0.289 e. The number of halogens is 2. The summed E-state index contributed by atoms with van der Waals surface area (Å²) in [6.07, 6.45) is 0. The second-order valence-electron chi connectivity index (χ2n) is 10.1. The summed E-state index contributed by atoms with van der Waals surface area (Å²) in [7, 11) is 0. The van der Waals surface area contributed by atoms with Gasteiger partial charge in [-0.1, -0.05) is 122 Å². The lowest BCUT2D eigenvalue weighted by Gasteiger charge is -2.19. The molecular weight excluding hydrogens is 528 g/mol. The number of carbonyl (C=O) groups excluding carboxylic acids is 2. The molecular formula is C28H28Br2O2. The Morgan fingerprint density at radius 2 is 0.844 bits per heavy atom. The Bertz CT molecular complexity index is 1070. The monoisotopic (exact) mass is 554 g/mol. The number of benzene rings is 3. The highest BCUT2D eigenvalue weighted by Crippen LogP contribution is 2.31. The minimum absolute atomic E-state index is 0.0261. The van der Waals surface area contributed by atoms with Gasteiger partial charge in [0.25, 0.3) is 0 Å². The highest BCUT2D eigenvalue weighted by Gasteiger charge is 2.21. The highest BCUT2D eigenvalue weighted by atomic mass is 79.9. The smallest absolute Gasteiger partial charge is 0.194 e. The molecule has 166 valence electrons. The van der Waals surface area contributed by atoms with Gasteiger partial charge in [0, 0.05) is 31.2 Å². The minimum Gasteiger partial charge on any atom is -0.289 e. The van der Waals surface area contributed by atoms with E-state index in [9.17, 15) is 9.59 Å². The maximum absolute atomic E-state index is 13.1. The van der Waals surface area contributed by atoms with E-state index >= 15 is 0 Å². The number of rotatable bonds is 4. The van der Waals surface area contributed by atoms with Crippen LogP contribution >= 0.6 is 31.9 Å². The second kappa shape index (κ2) is 9.07. The molecule has 2 nitrogen and oxygen atoms in total. The molecule has 32 heavy (non-hydrogen) atoms. The Morgan fingerprint density at radius 3 is 1.09 bits per heavy atom. The van der Waals surface area contributed by atoms with Crippen LogP contribution in [0.15, 0.2) is 69.6 Å². The predicted octanol–water partition coefficient (Wildman–Crippen LogP) is 8.27. The molecule has 0 unspecified atom stereocenters. The number of ketones is 2. The van der Waals surface area contributed by atoms with Crippen LogP contribution < -0.4 is 0 Å². The van der Waals surface area contributed by atoms with Gasteiger partial charge in [-0.3, -0.25) is 9.59 Å². The van der Waals surface area contributed by atoms with Crippen LogP contribution in [-0.2, 0) is 10.8 Å². The Labute approximate surface area is 207 Å². The molecule has 0 aliphatic carbocycles. The standard InChI is InChI=1S/C28H28Br2O2/c1-27(2,3)19-11-7-17(8-12-19)25(31)21-15-24(30)22(16-23(21)29)26(32)18-9-13-20(14-10-18)28(4,5)6/h7-16H,1-6H3. The van der Waals surface area contributed by atoms with Crippen LogP contribution in [0.3, 0.4) is 0 Å². The Kier molecular flexibility index (Phi) is 6.97. The van der Waals surface area contributed by atoms with Crippen LogP contribution in [0, 0.1) is 0 Å². The molecule has 0 bridgehead atoms. The van der Waals surface area contributed by atoms with E-state index in [2.05, 4.69) is 73.4 Å². The minimum atomic E-state index is -0.0911. The SMILES string of the molecule is CC(C)(C)c1ccc(C(=O)c2cc(Br)c(C(=O)c3ccc(C(C)(C)C)cc3)cc2Br)cc1. The van der Waals surface area contributed by atoms with E-state index in [0.29, 0.717) is 31.2 Å². The molecule has 4 heteroatoms. The summed E-state index contributed by atoms with van der Waals surface area (Å²) >= 11 is 7.02. The highest BCUT2D eigenvalue weighted by molar-refractivity contribution is 9.11. The van der Waals surface area contributed by atoms with Crippen molar-refractivity contribution in [1.29, 1.82) is 0 Å². The number of hydrogen-bond donors (Lipinski definition) is 0. The molecule has 0 saturated carbocycles. The van der Waals surface area contributed by atoms with Crippen molar-refractivity contribution < 1.29 is 9.59 Å². The topological polar surface area (TPSA) is 34.1 Å². The average Bonchev–Trinajstić information content (AvgIpc) is 2.73. The zero-order chi connectivity index (χ0) is 23.8. The van der Waals surface area contributed by atoms with Crippen molar-refractivity contribution in [2.24, 2.45) is 0 Å². The van der Waals surface area contributed by atoms with Crippen LogP contribution in [0.25, 0.3) is 0 Å². The number of hydrogen-bond acceptors (Lipinski definition) is 2. The first-order chi connectivity index (χ1) is 14.8. The van der Waals surface area contributed by atoms with Gasteiger partial charge in [-0.2, -0.15) is 0 Å². The average molecular weight is 556 g/mol. The van der Waals surface area contributed by atoms with Crippen molar-refractivity contribution >= 4 is 43.4 Å². The summed E-state index contributed by atoms with van der Waals surface area (Å²) in [6, 6.07) is 18.9. The van der Waals surface area contributed by atoms with Gasteiger partial charge in [0.1, 0.15) is 0 Å². The van der Waals surface area contributed by atoms with Crippen molar-refractivity contribution in [3.05, 3.63) is 103 Å². The van der Waals surface area contributed by atoms with E-state index in [1.807, 2.05) is 48.5 Å². The van der Waals surface area contributed by atoms with Crippen LogP contribution in [0.1, 0.15) is 84.5 Å². The molecule has 3 aromatic rings. The molecule has 3 rings (SSSR count). The molecule has 0 amide bonds. The molecule has 0 aromatic heterocycles. The van der Waals surface area contributed by atoms with Crippen LogP contribution in [0.5, 0.6) is 0 Å². The zero-order valence-electron chi connectivity index (χ0n) is 19.3. The van der Waals surface area contributed by atoms with Crippen molar-refractivity contribution in [1.82, 2.24) is 0 Å². The van der Waals surface area contributed by atoms with Crippen molar-refractivity contribution in [2.75, 3.05) is 0 Å². The molecule has 0 aliphatic rings. The first-order valence-corrected chi connectivity index (χ1v) is 12.2. The first kappa shape index (κ1) is 24.6. The van der Waals surface area contributed by atoms with Gasteiger partial charge >= 0.3 is 0 Å². The fourth-order valence-corrected chi connectivity index (χ4v) is 4.50. The van der Waals surface area contributed by atoms with Crippen LogP contribution in [-0.4, -0.2) is 11.6 Å². The molecule has 0 spiro atoms. The fourth-order valence-electron chi connectivity index (χ4n) is 3.45. The van der Waals surface area contributed by atoms with Crippen molar-refractivity contribution in [3.63, 3.8) is 0 Å². The maximum atomic E-state index is 13.1. The molecule has 0 N–H and O–H groups in total. The summed E-state index contributed by atoms with van der Waals surface area (Å²) in [6.45, 7) is 12.9. The van der Waals surface area contributed by atoms with Crippen LogP contribution in [0.2, 0.25) is 0 Å². The Balaban J connectivity index is 1.91. The van der Waals surface area contributed by atoms with Gasteiger partial charge in [0.05, 0.1) is 0 Å². The van der Waals surface area contributed by atoms with Crippen molar-refractivity contribution in [2.45, 2.75) is 52.4 Å². The molecule has 0 atom stereocenters. The van der Waals surface area contributed by atoms with Gasteiger partial charge in [0.15, 0.2) is 11.6 Å². The normalized spacial score (nSPS) is 12.0. The van der Waals surface area contributed by atoms with E-state index in [4.69, 9.17) is 0 Å². The van der Waals surface area contributed by atoms with Gasteiger partial charge < -0.3 is 0 Å². The number of carbonyl (C=O) groups is 2. The third-order valence-corrected chi connectivity index (χ3v) is 6.88. The van der Waals surface area contributed by atoms with E-state index in [1.165, 1.54) is 11.1 Å². The summed E-state index contributed by atoms with van der Waals surface area (Å²) < 4.78 is 1.19. The molecule has 0 heterocycles.